The highest BCUT2D eigenvalue weighted by Gasteiger charge is 2.59. The molecule has 3 aromatic carbocycles. The van der Waals surface area contributed by atoms with Crippen LogP contribution in [0.15, 0.2) is 72.8 Å². The first-order valence-corrected chi connectivity index (χ1v) is 11.1. The number of aryl methyl sites for hydroxylation is 2. The van der Waals surface area contributed by atoms with E-state index in [4.69, 9.17) is 4.84 Å². The summed E-state index contributed by atoms with van der Waals surface area (Å²) >= 11 is 0. The Morgan fingerprint density at radius 1 is 0.818 bits per heavy atom. The molecule has 2 amide bonds. The van der Waals surface area contributed by atoms with Crippen molar-refractivity contribution < 1.29 is 19.5 Å². The molecule has 2 aliphatic heterocycles. The second kappa shape index (κ2) is 8.46. The molecular formula is C27H26N2O4. The normalized spacial score (nSPS) is 22.7. The Bertz CT molecular complexity index is 1170. The van der Waals surface area contributed by atoms with Gasteiger partial charge in [0.05, 0.1) is 18.5 Å². The van der Waals surface area contributed by atoms with E-state index in [0.29, 0.717) is 6.54 Å². The molecule has 2 fully saturated rings. The Hall–Kier alpha value is -3.48. The van der Waals surface area contributed by atoms with Gasteiger partial charge in [-0.15, -0.1) is 0 Å². The molecule has 3 unspecified atom stereocenters. The van der Waals surface area contributed by atoms with Crippen molar-refractivity contribution in [3.05, 3.63) is 101 Å². The Kier molecular flexibility index (Phi) is 5.48. The average molecular weight is 443 g/mol. The minimum Gasteiger partial charge on any atom is -0.507 e. The molecule has 3 aromatic rings. The number of aromatic hydroxyl groups is 1. The summed E-state index contributed by atoms with van der Waals surface area (Å²) < 4.78 is 0. The third kappa shape index (κ3) is 3.81. The zero-order valence-corrected chi connectivity index (χ0v) is 18.6. The average Bonchev–Trinajstić information content (AvgIpc) is 3.29. The van der Waals surface area contributed by atoms with Gasteiger partial charge in [0.25, 0.3) is 5.91 Å². The molecule has 6 nitrogen and oxygen atoms in total. The van der Waals surface area contributed by atoms with Crippen molar-refractivity contribution in [3.8, 4) is 5.75 Å². The van der Waals surface area contributed by atoms with E-state index in [2.05, 4.69) is 0 Å². The molecule has 6 heteroatoms. The Morgan fingerprint density at radius 2 is 1.36 bits per heavy atom. The second-order valence-electron chi connectivity index (χ2n) is 8.81. The maximum atomic E-state index is 13.6. The van der Waals surface area contributed by atoms with E-state index in [1.54, 1.807) is 5.06 Å². The van der Waals surface area contributed by atoms with Gasteiger partial charge < -0.3 is 5.11 Å². The van der Waals surface area contributed by atoms with Gasteiger partial charge in [0, 0.05) is 6.54 Å². The third-order valence-corrected chi connectivity index (χ3v) is 6.51. The number of rotatable bonds is 5. The number of phenols is 1. The predicted molar refractivity (Wildman–Crippen MR) is 123 cm³/mol. The first-order valence-electron chi connectivity index (χ1n) is 11.1. The van der Waals surface area contributed by atoms with E-state index in [1.807, 2.05) is 86.6 Å². The molecule has 0 saturated carbocycles. The standard InChI is InChI=1S/C27H26N2O4/c1-17-13-21(14-18(2)24(17)30)23-22-25(33-29(23)16-20-11-7-4-8-12-20)27(32)28(26(22)31)15-19-9-5-3-6-10-19/h3-14,22-23,25,30H,15-16H2,1-2H3. The smallest absolute Gasteiger partial charge is 0.261 e. The lowest BCUT2D eigenvalue weighted by atomic mass is 9.88. The molecule has 2 aliphatic rings. The van der Waals surface area contributed by atoms with Crippen LogP contribution in [-0.4, -0.2) is 33.0 Å². The number of nitrogens with zero attached hydrogens (tertiary/aromatic N) is 2. The fraction of sp³-hybridized carbons (Fsp3) is 0.259. The van der Waals surface area contributed by atoms with Gasteiger partial charge in [-0.05, 0) is 41.7 Å². The van der Waals surface area contributed by atoms with Gasteiger partial charge in [0.1, 0.15) is 5.75 Å². The van der Waals surface area contributed by atoms with Crippen molar-refractivity contribution in [2.75, 3.05) is 0 Å². The summed E-state index contributed by atoms with van der Waals surface area (Å²) in [5.41, 5.74) is 4.23. The molecule has 2 heterocycles. The van der Waals surface area contributed by atoms with Crippen LogP contribution in [-0.2, 0) is 27.5 Å². The van der Waals surface area contributed by atoms with E-state index < -0.39 is 18.1 Å². The van der Waals surface area contributed by atoms with Crippen LogP contribution in [0, 0.1) is 19.8 Å². The van der Waals surface area contributed by atoms with Crippen molar-refractivity contribution in [1.29, 1.82) is 0 Å². The summed E-state index contributed by atoms with van der Waals surface area (Å²) in [6, 6.07) is 22.7. The zero-order chi connectivity index (χ0) is 23.1. The summed E-state index contributed by atoms with van der Waals surface area (Å²) in [7, 11) is 0. The monoisotopic (exact) mass is 442 g/mol. The van der Waals surface area contributed by atoms with E-state index in [-0.39, 0.29) is 24.1 Å². The highest BCUT2D eigenvalue weighted by molar-refractivity contribution is 6.07. The molecular weight excluding hydrogens is 416 g/mol. The highest BCUT2D eigenvalue weighted by Crippen LogP contribution is 2.46. The molecule has 0 bridgehead atoms. The van der Waals surface area contributed by atoms with E-state index in [9.17, 15) is 14.7 Å². The lowest BCUT2D eigenvalue weighted by Crippen LogP contribution is -2.36. The van der Waals surface area contributed by atoms with Crippen LogP contribution in [0.5, 0.6) is 5.75 Å². The van der Waals surface area contributed by atoms with E-state index in [0.717, 1.165) is 27.8 Å². The molecule has 2 saturated heterocycles. The number of hydroxylamine groups is 2. The maximum Gasteiger partial charge on any atom is 0.261 e. The van der Waals surface area contributed by atoms with Gasteiger partial charge in [-0.3, -0.25) is 19.3 Å². The molecule has 1 N–H and O–H groups in total. The second-order valence-corrected chi connectivity index (χ2v) is 8.81. The summed E-state index contributed by atoms with van der Waals surface area (Å²) in [6.07, 6.45) is -0.857. The molecule has 0 aliphatic carbocycles. The first-order chi connectivity index (χ1) is 15.9. The SMILES string of the molecule is Cc1cc(C2C3C(=O)N(Cc4ccccc4)C(=O)C3ON2Cc2ccccc2)cc(C)c1O. The van der Waals surface area contributed by atoms with E-state index in [1.165, 1.54) is 4.90 Å². The number of carbonyl (C=O) groups is 2. The maximum absolute atomic E-state index is 13.6. The van der Waals surface area contributed by atoms with Crippen LogP contribution in [0.4, 0.5) is 0 Å². The first kappa shape index (κ1) is 21.4. The van der Waals surface area contributed by atoms with Crippen molar-refractivity contribution in [3.63, 3.8) is 0 Å². The number of imide groups is 1. The fourth-order valence-electron chi connectivity index (χ4n) is 4.88. The largest absolute Gasteiger partial charge is 0.507 e. The number of hydrogen-bond acceptors (Lipinski definition) is 5. The molecule has 33 heavy (non-hydrogen) atoms. The summed E-state index contributed by atoms with van der Waals surface area (Å²) in [4.78, 5) is 34.3. The van der Waals surface area contributed by atoms with Gasteiger partial charge in [0.2, 0.25) is 5.91 Å². The number of fused-ring (bicyclic) bond motifs is 1. The molecule has 0 radical (unpaired) electrons. The van der Waals surface area contributed by atoms with Crippen molar-refractivity contribution in [2.45, 2.75) is 39.1 Å². The molecule has 3 atom stereocenters. The molecule has 0 spiro atoms. The van der Waals surface area contributed by atoms with Crippen LogP contribution >= 0.6 is 0 Å². The topological polar surface area (TPSA) is 70.1 Å². The Morgan fingerprint density at radius 3 is 1.94 bits per heavy atom. The summed E-state index contributed by atoms with van der Waals surface area (Å²) in [5, 5.41) is 12.0. The molecule has 0 aromatic heterocycles. The number of carbonyl (C=O) groups excluding carboxylic acids is 2. The number of benzene rings is 3. The molecule has 168 valence electrons. The lowest BCUT2D eigenvalue weighted by molar-refractivity contribution is -0.184. The number of hydrogen-bond donors (Lipinski definition) is 1. The van der Waals surface area contributed by atoms with Crippen molar-refractivity contribution in [1.82, 2.24) is 9.96 Å². The highest BCUT2D eigenvalue weighted by atomic mass is 16.7. The van der Waals surface area contributed by atoms with Crippen molar-refractivity contribution >= 4 is 11.8 Å². The van der Waals surface area contributed by atoms with E-state index >= 15 is 0 Å². The summed E-state index contributed by atoms with van der Waals surface area (Å²) in [6.45, 7) is 4.35. The minimum absolute atomic E-state index is 0.224. The minimum atomic E-state index is -0.857. The van der Waals surface area contributed by atoms with Gasteiger partial charge in [0.15, 0.2) is 6.10 Å². The third-order valence-electron chi connectivity index (χ3n) is 6.51. The number of phenolic OH excluding ortho intramolecular Hbond substituents is 1. The molecule has 5 rings (SSSR count). The Balaban J connectivity index is 1.52. The summed E-state index contributed by atoms with van der Waals surface area (Å²) in [5.74, 6) is -0.934. The van der Waals surface area contributed by atoms with Crippen LogP contribution in [0.25, 0.3) is 0 Å². The van der Waals surface area contributed by atoms with Crippen molar-refractivity contribution in [2.24, 2.45) is 5.92 Å². The van der Waals surface area contributed by atoms with Gasteiger partial charge in [-0.25, -0.2) is 0 Å². The fourth-order valence-corrected chi connectivity index (χ4v) is 4.88. The number of amides is 2. The lowest BCUT2D eigenvalue weighted by Gasteiger charge is -2.28. The van der Waals surface area contributed by atoms with Crippen LogP contribution in [0.3, 0.4) is 0 Å². The quantitative estimate of drug-likeness (QED) is 0.604. The number of likely N-dealkylation sites (tertiary alicyclic amines) is 1. The zero-order valence-electron chi connectivity index (χ0n) is 18.6. The van der Waals surface area contributed by atoms with Crippen LogP contribution in [0.2, 0.25) is 0 Å². The van der Waals surface area contributed by atoms with Gasteiger partial charge in [-0.2, -0.15) is 5.06 Å². The Labute approximate surface area is 193 Å². The predicted octanol–water partition coefficient (Wildman–Crippen LogP) is 4.05. The van der Waals surface area contributed by atoms with Crippen LogP contribution < -0.4 is 0 Å². The van der Waals surface area contributed by atoms with Gasteiger partial charge >= 0.3 is 0 Å². The van der Waals surface area contributed by atoms with Gasteiger partial charge in [-0.1, -0.05) is 72.8 Å². The van der Waals surface area contributed by atoms with Crippen LogP contribution in [0.1, 0.15) is 33.9 Å².